The van der Waals surface area contributed by atoms with Crippen LogP contribution in [0.4, 0.5) is 0 Å². The number of amides is 2. The van der Waals surface area contributed by atoms with Crippen LogP contribution in [0.2, 0.25) is 0 Å². The SMILES string of the molecule is COc1cc(CNC(=O)C2(c3cccc(Br)c3)CC2)ccc1OCC(N)=O. The van der Waals surface area contributed by atoms with Crippen LogP contribution in [-0.4, -0.2) is 25.5 Å². The molecule has 0 atom stereocenters. The van der Waals surface area contributed by atoms with Gasteiger partial charge in [-0.15, -0.1) is 0 Å². The van der Waals surface area contributed by atoms with Gasteiger partial charge in [-0.2, -0.15) is 0 Å². The molecule has 0 bridgehead atoms. The predicted molar refractivity (Wildman–Crippen MR) is 105 cm³/mol. The number of nitrogens with two attached hydrogens (primary N) is 1. The Morgan fingerprint density at radius 3 is 2.59 bits per heavy atom. The number of carbonyl (C=O) groups excluding carboxylic acids is 2. The largest absolute Gasteiger partial charge is 0.493 e. The Morgan fingerprint density at radius 2 is 1.96 bits per heavy atom. The van der Waals surface area contributed by atoms with E-state index in [1.807, 2.05) is 30.3 Å². The molecule has 0 saturated heterocycles. The summed E-state index contributed by atoms with van der Waals surface area (Å²) >= 11 is 3.47. The minimum Gasteiger partial charge on any atom is -0.493 e. The fourth-order valence-electron chi connectivity index (χ4n) is 3.00. The quantitative estimate of drug-likeness (QED) is 0.670. The third kappa shape index (κ3) is 4.42. The van der Waals surface area contributed by atoms with E-state index in [-0.39, 0.29) is 12.5 Å². The number of hydrogen-bond donors (Lipinski definition) is 2. The van der Waals surface area contributed by atoms with Crippen molar-refractivity contribution in [1.82, 2.24) is 5.32 Å². The van der Waals surface area contributed by atoms with E-state index in [1.54, 1.807) is 12.1 Å². The van der Waals surface area contributed by atoms with E-state index in [1.165, 1.54) is 7.11 Å². The number of benzene rings is 2. The van der Waals surface area contributed by atoms with E-state index in [0.717, 1.165) is 28.4 Å². The van der Waals surface area contributed by atoms with Crippen LogP contribution < -0.4 is 20.5 Å². The highest BCUT2D eigenvalue weighted by Gasteiger charge is 2.51. The van der Waals surface area contributed by atoms with E-state index < -0.39 is 11.3 Å². The smallest absolute Gasteiger partial charge is 0.255 e. The van der Waals surface area contributed by atoms with Crippen molar-refractivity contribution in [1.29, 1.82) is 0 Å². The molecule has 142 valence electrons. The maximum Gasteiger partial charge on any atom is 0.255 e. The number of hydrogen-bond acceptors (Lipinski definition) is 4. The molecule has 3 rings (SSSR count). The lowest BCUT2D eigenvalue weighted by molar-refractivity contribution is -0.123. The standard InChI is InChI=1S/C20H21BrN2O4/c1-26-17-9-13(5-6-16(17)27-12-18(22)24)11-23-19(25)20(7-8-20)14-3-2-4-15(21)10-14/h2-6,9-10H,7-8,11-12H2,1H3,(H2,22,24)(H,23,25). The van der Waals surface area contributed by atoms with Crippen molar-refractivity contribution in [3.8, 4) is 11.5 Å². The summed E-state index contributed by atoms with van der Waals surface area (Å²) in [6.45, 7) is 0.155. The maximum atomic E-state index is 12.8. The molecule has 2 aromatic carbocycles. The Hall–Kier alpha value is -2.54. The molecule has 0 aromatic heterocycles. The summed E-state index contributed by atoms with van der Waals surface area (Å²) in [5.41, 5.74) is 6.56. The molecular formula is C20H21BrN2O4. The third-order valence-corrected chi connectivity index (χ3v) is 5.11. The Balaban J connectivity index is 1.66. The van der Waals surface area contributed by atoms with Gasteiger partial charge >= 0.3 is 0 Å². The number of methoxy groups -OCH3 is 1. The molecule has 0 radical (unpaired) electrons. The van der Waals surface area contributed by atoms with Gasteiger partial charge in [-0.3, -0.25) is 9.59 Å². The lowest BCUT2D eigenvalue weighted by atomic mass is 9.95. The first-order chi connectivity index (χ1) is 12.9. The van der Waals surface area contributed by atoms with Gasteiger partial charge in [-0.05, 0) is 48.2 Å². The van der Waals surface area contributed by atoms with Crippen LogP contribution in [0.1, 0.15) is 24.0 Å². The summed E-state index contributed by atoms with van der Waals surface area (Å²) in [5, 5.41) is 3.02. The second kappa shape index (κ2) is 8.00. The fraction of sp³-hybridized carbons (Fsp3) is 0.300. The summed E-state index contributed by atoms with van der Waals surface area (Å²) in [6, 6.07) is 13.2. The molecule has 3 N–H and O–H groups in total. The predicted octanol–water partition coefficient (Wildman–Crippen LogP) is 2.67. The minimum atomic E-state index is -0.560. The van der Waals surface area contributed by atoms with Gasteiger partial charge in [0.15, 0.2) is 18.1 Å². The van der Waals surface area contributed by atoms with Crippen LogP contribution in [0, 0.1) is 0 Å². The number of halogens is 1. The average molecular weight is 433 g/mol. The zero-order chi connectivity index (χ0) is 19.4. The lowest BCUT2D eigenvalue weighted by Gasteiger charge is -2.17. The van der Waals surface area contributed by atoms with Gasteiger partial charge in [-0.25, -0.2) is 0 Å². The van der Waals surface area contributed by atoms with Crippen molar-refractivity contribution in [2.24, 2.45) is 5.73 Å². The summed E-state index contributed by atoms with van der Waals surface area (Å²) in [4.78, 5) is 23.6. The molecule has 7 heteroatoms. The molecule has 1 aliphatic rings. The third-order valence-electron chi connectivity index (χ3n) is 4.61. The summed E-state index contributed by atoms with van der Waals surface area (Å²) < 4.78 is 11.6. The van der Waals surface area contributed by atoms with Gasteiger partial charge in [0.1, 0.15) is 0 Å². The van der Waals surface area contributed by atoms with E-state index in [9.17, 15) is 9.59 Å². The Labute approximate surface area is 166 Å². The molecular weight excluding hydrogens is 412 g/mol. The molecule has 1 saturated carbocycles. The molecule has 2 aromatic rings. The van der Waals surface area contributed by atoms with Gasteiger partial charge in [-0.1, -0.05) is 34.1 Å². The van der Waals surface area contributed by atoms with E-state index in [0.29, 0.717) is 18.0 Å². The number of ether oxygens (including phenoxy) is 2. The highest BCUT2D eigenvalue weighted by molar-refractivity contribution is 9.10. The summed E-state index contributed by atoms with van der Waals surface area (Å²) in [6.07, 6.45) is 1.69. The van der Waals surface area contributed by atoms with Crippen molar-refractivity contribution >= 4 is 27.7 Å². The van der Waals surface area contributed by atoms with Gasteiger partial charge in [0.25, 0.3) is 5.91 Å². The summed E-state index contributed by atoms with van der Waals surface area (Å²) in [7, 11) is 1.52. The van der Waals surface area contributed by atoms with Crippen molar-refractivity contribution in [3.05, 3.63) is 58.1 Å². The fourth-order valence-corrected chi connectivity index (χ4v) is 3.40. The van der Waals surface area contributed by atoms with Gasteiger partial charge < -0.3 is 20.5 Å². The highest BCUT2D eigenvalue weighted by Crippen LogP contribution is 2.48. The molecule has 1 fully saturated rings. The van der Waals surface area contributed by atoms with Crippen LogP contribution in [0.5, 0.6) is 11.5 Å². The Morgan fingerprint density at radius 1 is 1.19 bits per heavy atom. The van der Waals surface area contributed by atoms with E-state index in [4.69, 9.17) is 15.2 Å². The zero-order valence-corrected chi connectivity index (χ0v) is 16.5. The van der Waals surface area contributed by atoms with E-state index >= 15 is 0 Å². The Kier molecular flexibility index (Phi) is 5.70. The molecule has 2 amide bonds. The van der Waals surface area contributed by atoms with Crippen molar-refractivity contribution < 1.29 is 19.1 Å². The normalized spacial score (nSPS) is 14.3. The molecule has 27 heavy (non-hydrogen) atoms. The lowest BCUT2D eigenvalue weighted by Crippen LogP contribution is -2.34. The minimum absolute atomic E-state index is 0.0219. The summed E-state index contributed by atoms with van der Waals surface area (Å²) in [5.74, 6) is 0.375. The Bertz CT molecular complexity index is 865. The number of rotatable bonds is 8. The average Bonchev–Trinajstić information content (AvgIpc) is 3.46. The van der Waals surface area contributed by atoms with Gasteiger partial charge in [0.2, 0.25) is 5.91 Å². The van der Waals surface area contributed by atoms with Crippen LogP contribution in [0.25, 0.3) is 0 Å². The first-order valence-electron chi connectivity index (χ1n) is 8.57. The van der Waals surface area contributed by atoms with Gasteiger partial charge in [0, 0.05) is 11.0 Å². The van der Waals surface area contributed by atoms with Crippen LogP contribution in [0.15, 0.2) is 46.9 Å². The molecule has 0 aliphatic heterocycles. The monoisotopic (exact) mass is 432 g/mol. The molecule has 0 spiro atoms. The van der Waals surface area contributed by atoms with Crippen LogP contribution in [-0.2, 0) is 21.5 Å². The molecule has 6 nitrogen and oxygen atoms in total. The highest BCUT2D eigenvalue weighted by atomic mass is 79.9. The van der Waals surface area contributed by atoms with Crippen molar-refractivity contribution in [2.75, 3.05) is 13.7 Å². The topological polar surface area (TPSA) is 90.7 Å². The number of nitrogens with one attached hydrogen (secondary N) is 1. The second-order valence-corrected chi connectivity index (χ2v) is 7.43. The van der Waals surface area contributed by atoms with Crippen molar-refractivity contribution in [2.45, 2.75) is 24.8 Å². The molecule has 0 unspecified atom stereocenters. The molecule has 0 heterocycles. The van der Waals surface area contributed by atoms with Crippen LogP contribution in [0.3, 0.4) is 0 Å². The zero-order valence-electron chi connectivity index (χ0n) is 15.0. The number of carbonyl (C=O) groups is 2. The second-order valence-electron chi connectivity index (χ2n) is 6.52. The first kappa shape index (κ1) is 19.2. The van der Waals surface area contributed by atoms with E-state index in [2.05, 4.69) is 21.2 Å². The van der Waals surface area contributed by atoms with Crippen LogP contribution >= 0.6 is 15.9 Å². The van der Waals surface area contributed by atoms with Gasteiger partial charge in [0.05, 0.1) is 12.5 Å². The maximum absolute atomic E-state index is 12.8. The van der Waals surface area contributed by atoms with Crippen molar-refractivity contribution in [3.63, 3.8) is 0 Å². The molecule has 1 aliphatic carbocycles. The number of primary amides is 1. The first-order valence-corrected chi connectivity index (χ1v) is 9.36.